The Bertz CT molecular complexity index is 322. The first-order chi connectivity index (χ1) is 8.86. The van der Waals surface area contributed by atoms with E-state index in [0.717, 1.165) is 30.4 Å². The Morgan fingerprint density at radius 1 is 0.944 bits per heavy atom. The second-order valence-electron chi connectivity index (χ2n) is 4.35. The molecular weight excluding hydrogens is 292 g/mol. The minimum absolute atomic E-state index is 0.689. The molecule has 1 aromatic rings. The van der Waals surface area contributed by atoms with E-state index < -0.39 is 0 Å². The molecule has 0 atom stereocenters. The summed E-state index contributed by atoms with van der Waals surface area (Å²) in [5, 5.41) is 1.12. The first kappa shape index (κ1) is 15.2. The van der Waals surface area contributed by atoms with E-state index in [4.69, 9.17) is 4.74 Å². The number of rotatable bonds is 10. The van der Waals surface area contributed by atoms with Crippen molar-refractivity contribution in [3.05, 3.63) is 29.8 Å². The number of carbonyl (C=O) groups is 1. The summed E-state index contributed by atoms with van der Waals surface area (Å²) in [6, 6.07) is 7.25. The van der Waals surface area contributed by atoms with Crippen molar-refractivity contribution in [2.45, 2.75) is 38.5 Å². The number of unbranched alkanes of at least 4 members (excludes halogenated alkanes) is 5. The lowest BCUT2D eigenvalue weighted by molar-refractivity contribution is 0.112. The second kappa shape index (κ2) is 10.1. The Kier molecular flexibility index (Phi) is 8.57. The predicted molar refractivity (Wildman–Crippen MR) is 78.8 cm³/mol. The van der Waals surface area contributed by atoms with E-state index in [0.29, 0.717) is 5.56 Å². The number of aldehydes is 1. The second-order valence-corrected chi connectivity index (χ2v) is 5.14. The lowest BCUT2D eigenvalue weighted by Crippen LogP contribution is -1.97. The molecule has 0 aliphatic rings. The highest BCUT2D eigenvalue weighted by Crippen LogP contribution is 2.12. The van der Waals surface area contributed by atoms with Crippen LogP contribution in [0.3, 0.4) is 0 Å². The molecular formula is C15H21BrO2. The number of alkyl halides is 1. The van der Waals surface area contributed by atoms with Crippen LogP contribution in [-0.4, -0.2) is 18.2 Å². The van der Waals surface area contributed by atoms with Gasteiger partial charge in [0.2, 0.25) is 0 Å². The normalized spacial score (nSPS) is 10.3. The zero-order chi connectivity index (χ0) is 13.1. The maximum atomic E-state index is 10.5. The molecule has 3 heteroatoms. The average molecular weight is 313 g/mol. The molecule has 0 heterocycles. The number of carbonyl (C=O) groups excluding carboxylic acids is 1. The van der Waals surface area contributed by atoms with Crippen molar-refractivity contribution in [1.29, 1.82) is 0 Å². The molecule has 0 amide bonds. The zero-order valence-corrected chi connectivity index (χ0v) is 12.3. The van der Waals surface area contributed by atoms with E-state index in [9.17, 15) is 4.79 Å². The quantitative estimate of drug-likeness (QED) is 0.358. The van der Waals surface area contributed by atoms with Gasteiger partial charge in [0.15, 0.2) is 0 Å². The van der Waals surface area contributed by atoms with E-state index in [1.54, 1.807) is 12.1 Å². The van der Waals surface area contributed by atoms with Gasteiger partial charge in [-0.1, -0.05) is 41.6 Å². The van der Waals surface area contributed by atoms with Crippen LogP contribution in [0.25, 0.3) is 0 Å². The molecule has 0 aliphatic heterocycles. The van der Waals surface area contributed by atoms with E-state index in [-0.39, 0.29) is 0 Å². The highest BCUT2D eigenvalue weighted by Gasteiger charge is 1.95. The van der Waals surface area contributed by atoms with Gasteiger partial charge in [0.25, 0.3) is 0 Å². The molecule has 0 aromatic heterocycles. The third-order valence-electron chi connectivity index (χ3n) is 2.81. The highest BCUT2D eigenvalue weighted by atomic mass is 79.9. The van der Waals surface area contributed by atoms with Crippen LogP contribution in [0.1, 0.15) is 48.9 Å². The lowest BCUT2D eigenvalue weighted by Gasteiger charge is -2.06. The van der Waals surface area contributed by atoms with E-state index in [1.165, 1.54) is 32.1 Å². The van der Waals surface area contributed by atoms with Crippen molar-refractivity contribution < 1.29 is 9.53 Å². The number of halogens is 1. The van der Waals surface area contributed by atoms with Gasteiger partial charge in [0.05, 0.1) is 6.61 Å². The Balaban J connectivity index is 2.01. The minimum atomic E-state index is 0.689. The standard InChI is InChI=1S/C15H21BrO2/c16-11-5-3-1-2-4-6-12-18-15-9-7-14(13-17)8-10-15/h7-10,13H,1-6,11-12H2. The summed E-state index contributed by atoms with van der Waals surface area (Å²) in [5.41, 5.74) is 0.689. The molecule has 18 heavy (non-hydrogen) atoms. The molecule has 0 aliphatic carbocycles. The van der Waals surface area contributed by atoms with E-state index in [1.807, 2.05) is 12.1 Å². The van der Waals surface area contributed by atoms with Crippen molar-refractivity contribution in [1.82, 2.24) is 0 Å². The number of benzene rings is 1. The molecule has 0 saturated carbocycles. The Morgan fingerprint density at radius 2 is 1.56 bits per heavy atom. The number of ether oxygens (including phenoxy) is 1. The minimum Gasteiger partial charge on any atom is -0.494 e. The van der Waals surface area contributed by atoms with E-state index in [2.05, 4.69) is 15.9 Å². The smallest absolute Gasteiger partial charge is 0.150 e. The summed E-state index contributed by atoms with van der Waals surface area (Å²) < 4.78 is 5.61. The molecule has 100 valence electrons. The SMILES string of the molecule is O=Cc1ccc(OCCCCCCCCBr)cc1. The Morgan fingerprint density at radius 3 is 2.17 bits per heavy atom. The van der Waals surface area contributed by atoms with Crippen molar-refractivity contribution in [3.63, 3.8) is 0 Å². The lowest BCUT2D eigenvalue weighted by atomic mass is 10.1. The molecule has 0 bridgehead atoms. The molecule has 0 saturated heterocycles. The zero-order valence-electron chi connectivity index (χ0n) is 10.7. The van der Waals surface area contributed by atoms with Gasteiger partial charge in [0, 0.05) is 10.9 Å². The van der Waals surface area contributed by atoms with Crippen LogP contribution in [0.5, 0.6) is 5.75 Å². The van der Waals surface area contributed by atoms with Gasteiger partial charge in [0.1, 0.15) is 12.0 Å². The van der Waals surface area contributed by atoms with Crippen LogP contribution in [-0.2, 0) is 0 Å². The highest BCUT2D eigenvalue weighted by molar-refractivity contribution is 9.09. The molecule has 0 fully saturated rings. The summed E-state index contributed by atoms with van der Waals surface area (Å²) >= 11 is 3.44. The van der Waals surface area contributed by atoms with Crippen molar-refractivity contribution in [2.75, 3.05) is 11.9 Å². The molecule has 2 nitrogen and oxygen atoms in total. The van der Waals surface area contributed by atoms with Crippen molar-refractivity contribution in [2.24, 2.45) is 0 Å². The summed E-state index contributed by atoms with van der Waals surface area (Å²) in [4.78, 5) is 10.5. The Hall–Kier alpha value is -0.830. The molecule has 1 rings (SSSR count). The third kappa shape index (κ3) is 6.80. The monoisotopic (exact) mass is 312 g/mol. The van der Waals surface area contributed by atoms with Gasteiger partial charge in [-0.25, -0.2) is 0 Å². The van der Waals surface area contributed by atoms with Crippen LogP contribution < -0.4 is 4.74 Å². The fraction of sp³-hybridized carbons (Fsp3) is 0.533. The molecule has 0 radical (unpaired) electrons. The van der Waals surface area contributed by atoms with Gasteiger partial charge in [-0.15, -0.1) is 0 Å². The molecule has 1 aromatic carbocycles. The fourth-order valence-corrected chi connectivity index (χ4v) is 2.13. The topological polar surface area (TPSA) is 26.3 Å². The average Bonchev–Trinajstić information content (AvgIpc) is 2.42. The largest absolute Gasteiger partial charge is 0.494 e. The van der Waals surface area contributed by atoms with Gasteiger partial charge in [-0.3, -0.25) is 4.79 Å². The summed E-state index contributed by atoms with van der Waals surface area (Å²) in [7, 11) is 0. The molecule has 0 unspecified atom stereocenters. The summed E-state index contributed by atoms with van der Waals surface area (Å²) in [6.07, 6.45) is 8.38. The first-order valence-electron chi connectivity index (χ1n) is 6.61. The van der Waals surface area contributed by atoms with Crippen LogP contribution in [0.4, 0.5) is 0 Å². The van der Waals surface area contributed by atoms with Crippen molar-refractivity contribution >= 4 is 22.2 Å². The molecule has 0 spiro atoms. The summed E-state index contributed by atoms with van der Waals surface area (Å²) in [5.74, 6) is 0.847. The van der Waals surface area contributed by atoms with Gasteiger partial charge in [-0.05, 0) is 37.1 Å². The molecule has 0 N–H and O–H groups in total. The third-order valence-corrected chi connectivity index (χ3v) is 3.37. The summed E-state index contributed by atoms with van der Waals surface area (Å²) in [6.45, 7) is 0.763. The fourth-order valence-electron chi connectivity index (χ4n) is 1.74. The predicted octanol–water partition coefficient (Wildman–Crippen LogP) is 4.61. The van der Waals surface area contributed by atoms with Crippen LogP contribution in [0.15, 0.2) is 24.3 Å². The van der Waals surface area contributed by atoms with E-state index >= 15 is 0 Å². The Labute approximate surface area is 118 Å². The van der Waals surface area contributed by atoms with Crippen LogP contribution in [0, 0.1) is 0 Å². The van der Waals surface area contributed by atoms with Gasteiger partial charge in [-0.2, -0.15) is 0 Å². The van der Waals surface area contributed by atoms with Crippen LogP contribution in [0.2, 0.25) is 0 Å². The van der Waals surface area contributed by atoms with Gasteiger partial charge >= 0.3 is 0 Å². The maximum Gasteiger partial charge on any atom is 0.150 e. The van der Waals surface area contributed by atoms with Gasteiger partial charge < -0.3 is 4.74 Å². The first-order valence-corrected chi connectivity index (χ1v) is 7.73. The van der Waals surface area contributed by atoms with Crippen molar-refractivity contribution in [3.8, 4) is 5.75 Å². The number of hydrogen-bond acceptors (Lipinski definition) is 2. The number of hydrogen-bond donors (Lipinski definition) is 0. The van der Waals surface area contributed by atoms with Crippen LogP contribution >= 0.6 is 15.9 Å². The maximum absolute atomic E-state index is 10.5.